The third kappa shape index (κ3) is 3.09. The van der Waals surface area contributed by atoms with E-state index in [-0.39, 0.29) is 0 Å². The zero-order chi connectivity index (χ0) is 12.8. The van der Waals surface area contributed by atoms with Crippen LogP contribution in [-0.4, -0.2) is 36.6 Å². The normalized spacial score (nSPS) is 11.2. The fraction of sp³-hybridized carbons (Fsp3) is 0.500. The number of aryl methyl sites for hydroxylation is 2. The Morgan fingerprint density at radius 2 is 2.11 bits per heavy atom. The van der Waals surface area contributed by atoms with Crippen molar-refractivity contribution in [3.63, 3.8) is 0 Å². The van der Waals surface area contributed by atoms with Gasteiger partial charge < -0.3 is 10.1 Å². The van der Waals surface area contributed by atoms with Gasteiger partial charge in [0.2, 0.25) is 0 Å². The van der Waals surface area contributed by atoms with Gasteiger partial charge in [0.05, 0.1) is 17.8 Å². The Morgan fingerprint density at radius 1 is 1.28 bits per heavy atom. The number of fused-ring (bicyclic) bond motifs is 1. The molecule has 0 amide bonds. The molecule has 0 spiro atoms. The number of ether oxygens (including phenoxy) is 1. The Balaban J connectivity index is 1.88. The van der Waals surface area contributed by atoms with Crippen molar-refractivity contribution in [3.05, 3.63) is 30.0 Å². The molecule has 0 unspecified atom stereocenters. The average Bonchev–Trinajstić information content (AvgIpc) is 2.71. The van der Waals surface area contributed by atoms with E-state index in [9.17, 15) is 0 Å². The zero-order valence-corrected chi connectivity index (χ0v) is 11.1. The minimum atomic E-state index is 0.770. The van der Waals surface area contributed by atoms with Gasteiger partial charge in [-0.3, -0.25) is 4.68 Å². The molecule has 1 heterocycles. The number of aromatic nitrogens is 2. The molecule has 1 N–H and O–H groups in total. The molecule has 2 aromatic rings. The number of para-hydroxylation sites is 1. The molecular weight excluding hydrogens is 226 g/mol. The largest absolute Gasteiger partial charge is 0.383 e. The van der Waals surface area contributed by atoms with Gasteiger partial charge in [-0.05, 0) is 25.5 Å². The Labute approximate surface area is 108 Å². The molecule has 0 aliphatic rings. The zero-order valence-electron chi connectivity index (χ0n) is 11.1. The molecule has 1 aromatic carbocycles. The number of rotatable bonds is 7. The molecule has 98 valence electrons. The molecule has 0 bridgehead atoms. The fourth-order valence-electron chi connectivity index (χ4n) is 2.15. The van der Waals surface area contributed by atoms with Crippen LogP contribution in [0.1, 0.15) is 12.1 Å². The van der Waals surface area contributed by atoms with Crippen LogP contribution in [0.5, 0.6) is 0 Å². The topological polar surface area (TPSA) is 39.1 Å². The highest BCUT2D eigenvalue weighted by molar-refractivity contribution is 5.81. The van der Waals surface area contributed by atoms with Crippen LogP contribution in [0.2, 0.25) is 0 Å². The van der Waals surface area contributed by atoms with Gasteiger partial charge in [-0.1, -0.05) is 18.2 Å². The molecule has 18 heavy (non-hydrogen) atoms. The molecule has 2 rings (SSSR count). The molecule has 0 saturated carbocycles. The molecule has 1 aromatic heterocycles. The van der Waals surface area contributed by atoms with E-state index in [0.717, 1.165) is 32.5 Å². The first kappa shape index (κ1) is 13.1. The molecule has 4 heteroatoms. The molecule has 0 fully saturated rings. The standard InChI is InChI=1S/C14H21N3O/c1-17-14-8-4-3-6-12(14)13(16-17)7-5-9-15-10-11-18-2/h3-4,6,8,15H,5,7,9-11H2,1-2H3. The summed E-state index contributed by atoms with van der Waals surface area (Å²) in [5.41, 5.74) is 2.40. The second-order valence-corrected chi connectivity index (χ2v) is 4.43. The van der Waals surface area contributed by atoms with Crippen molar-refractivity contribution in [1.29, 1.82) is 0 Å². The predicted molar refractivity (Wildman–Crippen MR) is 73.8 cm³/mol. The van der Waals surface area contributed by atoms with E-state index in [0.29, 0.717) is 0 Å². The van der Waals surface area contributed by atoms with Crippen molar-refractivity contribution in [3.8, 4) is 0 Å². The Hall–Kier alpha value is -1.39. The fourth-order valence-corrected chi connectivity index (χ4v) is 2.15. The second-order valence-electron chi connectivity index (χ2n) is 4.43. The summed E-state index contributed by atoms with van der Waals surface area (Å²) < 4.78 is 6.95. The molecule has 0 aliphatic carbocycles. The minimum absolute atomic E-state index is 0.770. The van der Waals surface area contributed by atoms with Crippen LogP contribution in [0, 0.1) is 0 Å². The number of nitrogens with one attached hydrogen (secondary N) is 1. The average molecular weight is 247 g/mol. The van der Waals surface area contributed by atoms with Gasteiger partial charge in [0, 0.05) is 26.1 Å². The lowest BCUT2D eigenvalue weighted by molar-refractivity contribution is 0.199. The van der Waals surface area contributed by atoms with Crippen LogP contribution in [0.15, 0.2) is 24.3 Å². The van der Waals surface area contributed by atoms with Gasteiger partial charge in [0.15, 0.2) is 0 Å². The van der Waals surface area contributed by atoms with E-state index in [1.165, 1.54) is 16.6 Å². The smallest absolute Gasteiger partial charge is 0.0703 e. The first-order valence-electron chi connectivity index (χ1n) is 6.43. The highest BCUT2D eigenvalue weighted by atomic mass is 16.5. The first-order valence-corrected chi connectivity index (χ1v) is 6.43. The van der Waals surface area contributed by atoms with Gasteiger partial charge in [-0.25, -0.2) is 0 Å². The van der Waals surface area contributed by atoms with Crippen molar-refractivity contribution in [2.75, 3.05) is 26.8 Å². The van der Waals surface area contributed by atoms with Crippen molar-refractivity contribution in [2.45, 2.75) is 12.8 Å². The van der Waals surface area contributed by atoms with Gasteiger partial charge in [-0.15, -0.1) is 0 Å². The quantitative estimate of drug-likeness (QED) is 0.758. The number of hydrogen-bond donors (Lipinski definition) is 1. The van der Waals surface area contributed by atoms with Crippen molar-refractivity contribution < 1.29 is 4.74 Å². The lowest BCUT2D eigenvalue weighted by Crippen LogP contribution is -2.20. The van der Waals surface area contributed by atoms with Crippen molar-refractivity contribution in [1.82, 2.24) is 15.1 Å². The minimum Gasteiger partial charge on any atom is -0.383 e. The Morgan fingerprint density at radius 3 is 2.94 bits per heavy atom. The Bertz CT molecular complexity index is 493. The van der Waals surface area contributed by atoms with Crippen LogP contribution in [0.25, 0.3) is 10.9 Å². The first-order chi connectivity index (χ1) is 8.83. The monoisotopic (exact) mass is 247 g/mol. The summed E-state index contributed by atoms with van der Waals surface area (Å²) in [6.45, 7) is 2.69. The lowest BCUT2D eigenvalue weighted by Gasteiger charge is -2.02. The highest BCUT2D eigenvalue weighted by Crippen LogP contribution is 2.18. The molecule has 4 nitrogen and oxygen atoms in total. The van der Waals surface area contributed by atoms with E-state index < -0.39 is 0 Å². The maximum absolute atomic E-state index is 4.99. The van der Waals surface area contributed by atoms with Crippen LogP contribution >= 0.6 is 0 Å². The number of methoxy groups -OCH3 is 1. The van der Waals surface area contributed by atoms with E-state index in [4.69, 9.17) is 4.74 Å². The summed E-state index contributed by atoms with van der Waals surface area (Å²) in [6, 6.07) is 8.39. The third-order valence-electron chi connectivity index (χ3n) is 3.08. The lowest BCUT2D eigenvalue weighted by atomic mass is 10.1. The van der Waals surface area contributed by atoms with Gasteiger partial charge in [-0.2, -0.15) is 5.10 Å². The molecule has 0 aliphatic heterocycles. The predicted octanol–water partition coefficient (Wildman–Crippen LogP) is 1.74. The second kappa shape index (κ2) is 6.52. The summed E-state index contributed by atoms with van der Waals surface area (Å²) in [5, 5.41) is 9.21. The maximum Gasteiger partial charge on any atom is 0.0703 e. The van der Waals surface area contributed by atoms with Crippen LogP contribution in [-0.2, 0) is 18.2 Å². The summed E-state index contributed by atoms with van der Waals surface area (Å²) in [4.78, 5) is 0. The number of nitrogens with zero attached hydrogens (tertiary/aromatic N) is 2. The number of benzene rings is 1. The van der Waals surface area contributed by atoms with Crippen LogP contribution in [0.4, 0.5) is 0 Å². The SMILES string of the molecule is COCCNCCCc1nn(C)c2ccccc12. The molecule has 0 saturated heterocycles. The van der Waals surface area contributed by atoms with Crippen molar-refractivity contribution >= 4 is 10.9 Å². The summed E-state index contributed by atoms with van der Waals surface area (Å²) in [6.07, 6.45) is 2.12. The molecule has 0 radical (unpaired) electrons. The number of hydrogen-bond acceptors (Lipinski definition) is 3. The van der Waals surface area contributed by atoms with E-state index >= 15 is 0 Å². The highest BCUT2D eigenvalue weighted by Gasteiger charge is 2.06. The molecule has 0 atom stereocenters. The maximum atomic E-state index is 4.99. The van der Waals surface area contributed by atoms with Crippen molar-refractivity contribution in [2.24, 2.45) is 7.05 Å². The van der Waals surface area contributed by atoms with E-state index in [1.54, 1.807) is 7.11 Å². The van der Waals surface area contributed by atoms with Gasteiger partial charge in [0.25, 0.3) is 0 Å². The van der Waals surface area contributed by atoms with Gasteiger partial charge in [0.1, 0.15) is 0 Å². The van der Waals surface area contributed by atoms with Gasteiger partial charge >= 0.3 is 0 Å². The third-order valence-corrected chi connectivity index (χ3v) is 3.08. The van der Waals surface area contributed by atoms with Crippen LogP contribution in [0.3, 0.4) is 0 Å². The van der Waals surface area contributed by atoms with E-state index in [2.05, 4.69) is 34.7 Å². The summed E-state index contributed by atoms with van der Waals surface area (Å²) >= 11 is 0. The summed E-state index contributed by atoms with van der Waals surface area (Å²) in [7, 11) is 3.73. The van der Waals surface area contributed by atoms with Crippen LogP contribution < -0.4 is 5.32 Å². The van der Waals surface area contributed by atoms with E-state index in [1.807, 2.05) is 11.7 Å². The Kier molecular flexibility index (Phi) is 4.73. The molecular formula is C14H21N3O. The summed E-state index contributed by atoms with van der Waals surface area (Å²) in [5.74, 6) is 0.